The van der Waals surface area contributed by atoms with Gasteiger partial charge in [-0.2, -0.15) is 0 Å². The molecule has 2 rings (SSSR count). The van der Waals surface area contributed by atoms with Crippen molar-refractivity contribution in [2.75, 3.05) is 26.2 Å². The summed E-state index contributed by atoms with van der Waals surface area (Å²) in [6.45, 7) is 4.92. The molecule has 140 valence electrons. The fraction of sp³-hybridized carbons (Fsp3) is 0.421. The second-order valence-electron chi connectivity index (χ2n) is 5.90. The number of carbonyl (C=O) groups is 2. The smallest absolute Gasteiger partial charge is 0.260 e. The van der Waals surface area contributed by atoms with Crippen LogP contribution in [-0.4, -0.2) is 47.9 Å². The number of nitrogens with one attached hydrogen (secondary N) is 1. The number of pyridine rings is 1. The molecule has 0 fully saturated rings. The Kier molecular flexibility index (Phi) is 7.66. The first-order valence-electron chi connectivity index (χ1n) is 8.77. The van der Waals surface area contributed by atoms with Gasteiger partial charge in [-0.15, -0.1) is 0 Å². The van der Waals surface area contributed by atoms with Gasteiger partial charge in [-0.25, -0.2) is 0 Å². The summed E-state index contributed by atoms with van der Waals surface area (Å²) in [5.74, 6) is 0.0926. The van der Waals surface area contributed by atoms with E-state index in [1.165, 1.54) is 4.90 Å². The largest absolute Gasteiger partial charge is 0.481 e. The highest BCUT2D eigenvalue weighted by Gasteiger charge is 2.17. The highest BCUT2D eigenvalue weighted by molar-refractivity contribution is 6.35. The molecule has 26 heavy (non-hydrogen) atoms. The Hall–Kier alpha value is -2.34. The summed E-state index contributed by atoms with van der Waals surface area (Å²) in [5, 5.41) is 4.13. The number of benzene rings is 1. The number of aromatic nitrogens is 1. The maximum absolute atomic E-state index is 12.5. The number of amides is 2. The Balaban J connectivity index is 2.03. The van der Waals surface area contributed by atoms with Gasteiger partial charge in [-0.1, -0.05) is 25.4 Å². The van der Waals surface area contributed by atoms with Crippen molar-refractivity contribution in [3.8, 4) is 5.75 Å². The fourth-order valence-corrected chi connectivity index (χ4v) is 2.73. The molecule has 2 aromatic rings. The van der Waals surface area contributed by atoms with Crippen LogP contribution in [0.3, 0.4) is 0 Å². The van der Waals surface area contributed by atoms with Gasteiger partial charge in [0.05, 0.1) is 11.6 Å². The summed E-state index contributed by atoms with van der Waals surface area (Å²) in [4.78, 5) is 30.2. The lowest BCUT2D eigenvalue weighted by molar-refractivity contribution is -0.137. The standard InChI is InChI=1S/C19H24ClN3O3/c1-3-9-21-17(24)12-23(11-4-2)18(25)13-26-16-8-7-15(20)14-6-5-10-22-19(14)16/h5-8,10H,3-4,9,11-13H2,1-2H3,(H,21,24). The molecule has 0 unspecified atom stereocenters. The summed E-state index contributed by atoms with van der Waals surface area (Å²) in [5.41, 5.74) is 0.607. The second kappa shape index (κ2) is 9.97. The zero-order chi connectivity index (χ0) is 18.9. The molecule has 1 heterocycles. The van der Waals surface area contributed by atoms with Crippen molar-refractivity contribution in [3.63, 3.8) is 0 Å². The van der Waals surface area contributed by atoms with Crippen LogP contribution in [0.5, 0.6) is 5.75 Å². The SMILES string of the molecule is CCCNC(=O)CN(CCC)C(=O)COc1ccc(Cl)c2cccnc12. The molecule has 7 heteroatoms. The van der Waals surface area contributed by atoms with Gasteiger partial charge in [0, 0.05) is 24.7 Å². The summed E-state index contributed by atoms with van der Waals surface area (Å²) in [6, 6.07) is 7.05. The molecule has 0 bridgehead atoms. The number of hydrogen-bond donors (Lipinski definition) is 1. The van der Waals surface area contributed by atoms with E-state index in [-0.39, 0.29) is 25.0 Å². The molecular weight excluding hydrogens is 354 g/mol. The minimum Gasteiger partial charge on any atom is -0.481 e. The molecule has 1 aromatic heterocycles. The van der Waals surface area contributed by atoms with Gasteiger partial charge < -0.3 is 15.0 Å². The Morgan fingerprint density at radius 1 is 1.23 bits per heavy atom. The zero-order valence-corrected chi connectivity index (χ0v) is 15.9. The number of halogens is 1. The molecule has 0 aliphatic rings. The van der Waals surface area contributed by atoms with E-state index in [0.717, 1.165) is 18.2 Å². The first kappa shape index (κ1) is 20.0. The highest BCUT2D eigenvalue weighted by atomic mass is 35.5. The minimum atomic E-state index is -0.238. The summed E-state index contributed by atoms with van der Waals surface area (Å²) >= 11 is 6.17. The quantitative estimate of drug-likeness (QED) is 0.729. The van der Waals surface area contributed by atoms with Crippen molar-refractivity contribution < 1.29 is 14.3 Å². The van der Waals surface area contributed by atoms with Crippen molar-refractivity contribution in [2.45, 2.75) is 26.7 Å². The highest BCUT2D eigenvalue weighted by Crippen LogP contribution is 2.29. The molecule has 1 aromatic carbocycles. The monoisotopic (exact) mass is 377 g/mol. The van der Waals surface area contributed by atoms with E-state index >= 15 is 0 Å². The van der Waals surface area contributed by atoms with Crippen molar-refractivity contribution >= 4 is 34.3 Å². The third-order valence-electron chi connectivity index (χ3n) is 3.78. The van der Waals surface area contributed by atoms with E-state index in [2.05, 4.69) is 10.3 Å². The van der Waals surface area contributed by atoms with E-state index in [1.807, 2.05) is 19.9 Å². The first-order valence-corrected chi connectivity index (χ1v) is 9.15. The topological polar surface area (TPSA) is 71.5 Å². The second-order valence-corrected chi connectivity index (χ2v) is 6.31. The molecule has 0 atom stereocenters. The Bertz CT molecular complexity index is 767. The Labute approximate surface area is 158 Å². The fourth-order valence-electron chi connectivity index (χ4n) is 2.51. The van der Waals surface area contributed by atoms with Crippen LogP contribution < -0.4 is 10.1 Å². The molecule has 0 saturated carbocycles. The molecule has 1 N–H and O–H groups in total. The number of carbonyl (C=O) groups excluding carboxylic acids is 2. The Morgan fingerprint density at radius 3 is 2.77 bits per heavy atom. The van der Waals surface area contributed by atoms with Gasteiger partial charge in [0.1, 0.15) is 11.3 Å². The number of ether oxygens (including phenoxy) is 1. The summed E-state index contributed by atoms with van der Waals surface area (Å²) in [6.07, 6.45) is 3.26. The number of hydrogen-bond acceptors (Lipinski definition) is 4. The van der Waals surface area contributed by atoms with E-state index < -0.39 is 0 Å². The van der Waals surface area contributed by atoms with Gasteiger partial charge >= 0.3 is 0 Å². The van der Waals surface area contributed by atoms with Gasteiger partial charge in [-0.05, 0) is 37.1 Å². The average Bonchev–Trinajstić information content (AvgIpc) is 2.65. The van der Waals surface area contributed by atoms with Crippen LogP contribution in [0.15, 0.2) is 30.5 Å². The van der Waals surface area contributed by atoms with Gasteiger partial charge in [-0.3, -0.25) is 14.6 Å². The van der Waals surface area contributed by atoms with Crippen LogP contribution in [0.4, 0.5) is 0 Å². The number of nitrogens with zero attached hydrogens (tertiary/aromatic N) is 2. The zero-order valence-electron chi connectivity index (χ0n) is 15.1. The number of fused-ring (bicyclic) bond motifs is 1. The normalized spacial score (nSPS) is 10.6. The van der Waals surface area contributed by atoms with Crippen molar-refractivity contribution in [1.82, 2.24) is 15.2 Å². The molecule has 0 saturated heterocycles. The van der Waals surface area contributed by atoms with E-state index in [9.17, 15) is 9.59 Å². The molecule has 2 amide bonds. The molecule has 0 aliphatic heterocycles. The Morgan fingerprint density at radius 2 is 2.04 bits per heavy atom. The number of rotatable bonds is 9. The van der Waals surface area contributed by atoms with Gasteiger partial charge in [0.15, 0.2) is 6.61 Å². The van der Waals surface area contributed by atoms with Crippen LogP contribution in [0.25, 0.3) is 10.9 Å². The predicted molar refractivity (Wildman–Crippen MR) is 102 cm³/mol. The first-order chi connectivity index (χ1) is 12.6. The van der Waals surface area contributed by atoms with E-state index in [4.69, 9.17) is 16.3 Å². The molecular formula is C19H24ClN3O3. The predicted octanol–water partition coefficient (Wildman–Crippen LogP) is 3.03. The summed E-state index contributed by atoms with van der Waals surface area (Å²) < 4.78 is 5.68. The lowest BCUT2D eigenvalue weighted by Gasteiger charge is -2.22. The van der Waals surface area contributed by atoms with Crippen LogP contribution in [-0.2, 0) is 9.59 Å². The van der Waals surface area contributed by atoms with Crippen LogP contribution in [0.1, 0.15) is 26.7 Å². The lowest BCUT2D eigenvalue weighted by Crippen LogP contribution is -2.43. The van der Waals surface area contributed by atoms with Crippen molar-refractivity contribution in [2.24, 2.45) is 0 Å². The van der Waals surface area contributed by atoms with Gasteiger partial charge in [0.25, 0.3) is 5.91 Å². The minimum absolute atomic E-state index is 0.0374. The maximum Gasteiger partial charge on any atom is 0.260 e. The third-order valence-corrected chi connectivity index (χ3v) is 4.11. The van der Waals surface area contributed by atoms with Crippen molar-refractivity contribution in [1.29, 1.82) is 0 Å². The van der Waals surface area contributed by atoms with Gasteiger partial charge in [0.2, 0.25) is 5.91 Å². The van der Waals surface area contributed by atoms with E-state index in [1.54, 1.807) is 24.4 Å². The molecule has 0 aliphatic carbocycles. The lowest BCUT2D eigenvalue weighted by atomic mass is 10.2. The van der Waals surface area contributed by atoms with E-state index in [0.29, 0.717) is 29.4 Å². The average molecular weight is 378 g/mol. The molecule has 6 nitrogen and oxygen atoms in total. The molecule has 0 spiro atoms. The summed E-state index contributed by atoms with van der Waals surface area (Å²) in [7, 11) is 0. The van der Waals surface area contributed by atoms with Crippen molar-refractivity contribution in [3.05, 3.63) is 35.5 Å². The molecule has 0 radical (unpaired) electrons. The van der Waals surface area contributed by atoms with Crippen LogP contribution in [0, 0.1) is 0 Å². The van der Waals surface area contributed by atoms with Crippen LogP contribution in [0.2, 0.25) is 5.02 Å². The van der Waals surface area contributed by atoms with Crippen LogP contribution >= 0.6 is 11.6 Å². The third kappa shape index (κ3) is 5.33. The maximum atomic E-state index is 12.5.